The van der Waals surface area contributed by atoms with Crippen molar-refractivity contribution >= 4 is 10.1 Å². The molecule has 0 aromatic rings. The minimum absolute atomic E-state index is 0.568. The Morgan fingerprint density at radius 2 is 0.591 bits per heavy atom. The maximum Gasteiger partial charge on any atom is 0.0975 e. The summed E-state index contributed by atoms with van der Waals surface area (Å²) in [5.41, 5.74) is 0. The Hall–Kier alpha value is -0.130. The molecule has 0 saturated carbocycles. The van der Waals surface area contributed by atoms with Gasteiger partial charge in [-0.2, -0.15) is 0 Å². The molecule has 0 amide bonds. The van der Waals surface area contributed by atoms with E-state index in [0.29, 0.717) is 12.8 Å². The maximum atomic E-state index is 11.6. The first-order valence-corrected chi connectivity index (χ1v) is 21.5. The van der Waals surface area contributed by atoms with E-state index in [0.717, 1.165) is 25.7 Å². The van der Waals surface area contributed by atoms with Gasteiger partial charge >= 0.3 is 0 Å². The predicted octanol–water partition coefficient (Wildman–Crippen LogP) is 12.7. The third-order valence-electron chi connectivity index (χ3n) is 10.4. The molecule has 44 heavy (non-hydrogen) atoms. The van der Waals surface area contributed by atoms with E-state index < -0.39 is 15.4 Å². The van der Waals surface area contributed by atoms with Crippen LogP contribution in [0.5, 0.6) is 0 Å². The van der Waals surface area contributed by atoms with Crippen molar-refractivity contribution in [2.75, 3.05) is 26.2 Å². The first-order chi connectivity index (χ1) is 21.3. The molecule has 0 heterocycles. The molecule has 4 nitrogen and oxygen atoms in total. The summed E-state index contributed by atoms with van der Waals surface area (Å²) in [5, 5.41) is -0.649. The zero-order valence-electron chi connectivity index (χ0n) is 31.3. The van der Waals surface area contributed by atoms with E-state index in [1.54, 1.807) is 0 Å². The second-order valence-corrected chi connectivity index (χ2v) is 15.4. The van der Waals surface area contributed by atoms with Crippen molar-refractivity contribution in [3.63, 3.8) is 0 Å². The molecule has 0 aliphatic rings. The lowest BCUT2D eigenvalue weighted by Crippen LogP contribution is -2.47. The minimum Gasteiger partial charge on any atom is -0.748 e. The van der Waals surface area contributed by atoms with Gasteiger partial charge in [0, 0.05) is 5.25 Å². The fraction of sp³-hybridized carbons (Fsp3) is 1.00. The van der Waals surface area contributed by atoms with Crippen LogP contribution in [0, 0.1) is 0 Å². The molecule has 5 heteroatoms. The lowest BCUT2D eigenvalue weighted by molar-refractivity contribution is -0.921. The fourth-order valence-corrected chi connectivity index (χ4v) is 7.46. The number of nitrogens with zero attached hydrogens (tertiary/aromatic N) is 1. The van der Waals surface area contributed by atoms with Gasteiger partial charge in [0.1, 0.15) is 0 Å². The predicted molar refractivity (Wildman–Crippen MR) is 197 cm³/mol. The van der Waals surface area contributed by atoms with Crippen molar-refractivity contribution in [1.29, 1.82) is 0 Å². The molecule has 0 saturated heterocycles. The Bertz CT molecular complexity index is 630. The molecular weight excluding hydrogens is 563 g/mol. The van der Waals surface area contributed by atoms with Gasteiger partial charge in [0.05, 0.1) is 36.3 Å². The normalized spacial score (nSPS) is 12.7. The van der Waals surface area contributed by atoms with Gasteiger partial charge in [-0.1, -0.05) is 181 Å². The standard InChI is InChI=1S/C31H64O3S.C8H20N/c1-3-5-7-9-11-12-13-14-15-16-17-18-19-20-21-22-24-26-28-30-31(35(32,33)34)29-27-25-23-10-8-6-4-2;1-5-9(6-2,7-3)8-4/h31H,3-30H2,1-2H3,(H,32,33,34);5-8H2,1-4H3/q;+1/p-1. The topological polar surface area (TPSA) is 57.2 Å². The second-order valence-electron chi connectivity index (χ2n) is 13.8. The SMILES string of the molecule is CCCCCCCCCCCCCCCCCCCCCC(CCCCCCCCC)S(=O)(=O)[O-].CC[N+](CC)(CC)CC. The summed E-state index contributed by atoms with van der Waals surface area (Å²) >= 11 is 0. The van der Waals surface area contributed by atoms with E-state index in [9.17, 15) is 13.0 Å². The van der Waals surface area contributed by atoms with Crippen LogP contribution in [0.1, 0.15) is 221 Å². The van der Waals surface area contributed by atoms with Gasteiger partial charge in [0.15, 0.2) is 0 Å². The molecule has 1 unspecified atom stereocenters. The molecule has 0 aliphatic heterocycles. The van der Waals surface area contributed by atoms with Crippen LogP contribution in [-0.4, -0.2) is 48.9 Å². The smallest absolute Gasteiger partial charge is 0.0975 e. The fourth-order valence-electron chi connectivity index (χ4n) is 6.55. The van der Waals surface area contributed by atoms with Crippen molar-refractivity contribution in [1.82, 2.24) is 0 Å². The molecule has 268 valence electrons. The Labute approximate surface area is 279 Å². The zero-order chi connectivity index (χ0) is 33.2. The minimum atomic E-state index is -4.14. The van der Waals surface area contributed by atoms with Crippen LogP contribution in [0.2, 0.25) is 0 Å². The molecule has 0 N–H and O–H groups in total. The molecule has 0 aliphatic carbocycles. The summed E-state index contributed by atoms with van der Waals surface area (Å²) in [6, 6.07) is 0. The Kier molecular flexibility index (Phi) is 35.8. The van der Waals surface area contributed by atoms with Crippen molar-refractivity contribution < 1.29 is 17.5 Å². The van der Waals surface area contributed by atoms with Crippen LogP contribution in [0.15, 0.2) is 0 Å². The molecule has 0 spiro atoms. The maximum absolute atomic E-state index is 11.6. The summed E-state index contributed by atoms with van der Waals surface area (Å²) in [4.78, 5) is 0. The van der Waals surface area contributed by atoms with Gasteiger partial charge in [-0.15, -0.1) is 0 Å². The number of hydrogen-bond donors (Lipinski definition) is 0. The first-order valence-electron chi connectivity index (χ1n) is 20.1. The van der Waals surface area contributed by atoms with Gasteiger partial charge in [-0.3, -0.25) is 0 Å². The number of quaternary nitrogens is 1. The van der Waals surface area contributed by atoms with Crippen LogP contribution in [0.4, 0.5) is 0 Å². The molecule has 0 radical (unpaired) electrons. The van der Waals surface area contributed by atoms with Gasteiger partial charge in [0.25, 0.3) is 0 Å². The molecule has 0 aromatic heterocycles. The zero-order valence-corrected chi connectivity index (χ0v) is 32.1. The highest BCUT2D eigenvalue weighted by Crippen LogP contribution is 2.20. The van der Waals surface area contributed by atoms with Crippen molar-refractivity contribution in [3.8, 4) is 0 Å². The quantitative estimate of drug-likeness (QED) is 0.0405. The van der Waals surface area contributed by atoms with Crippen molar-refractivity contribution in [3.05, 3.63) is 0 Å². The molecule has 0 rings (SSSR count). The van der Waals surface area contributed by atoms with E-state index in [2.05, 4.69) is 41.5 Å². The third kappa shape index (κ3) is 30.5. The summed E-state index contributed by atoms with van der Waals surface area (Å²) in [6.07, 6.45) is 34.7. The number of hydrogen-bond acceptors (Lipinski definition) is 3. The average molecular weight is 646 g/mol. The molecule has 1 atom stereocenters. The second kappa shape index (κ2) is 34.2. The van der Waals surface area contributed by atoms with Crippen LogP contribution in [-0.2, 0) is 10.1 Å². The van der Waals surface area contributed by atoms with E-state index >= 15 is 0 Å². The molecule has 0 bridgehead atoms. The molecule has 0 fully saturated rings. The number of rotatable bonds is 33. The Morgan fingerprint density at radius 3 is 0.750 bits per heavy atom. The summed E-state index contributed by atoms with van der Waals surface area (Å²) in [6.45, 7) is 18.7. The highest BCUT2D eigenvalue weighted by Gasteiger charge is 2.16. The monoisotopic (exact) mass is 646 g/mol. The average Bonchev–Trinajstić information content (AvgIpc) is 3.02. The highest BCUT2D eigenvalue weighted by molar-refractivity contribution is 7.86. The van der Waals surface area contributed by atoms with E-state index in [-0.39, 0.29) is 0 Å². The van der Waals surface area contributed by atoms with Crippen LogP contribution in [0.3, 0.4) is 0 Å². The lowest BCUT2D eigenvalue weighted by Gasteiger charge is -2.34. The van der Waals surface area contributed by atoms with Gasteiger partial charge in [0.2, 0.25) is 0 Å². The Balaban J connectivity index is 0. The Morgan fingerprint density at radius 1 is 0.386 bits per heavy atom. The van der Waals surface area contributed by atoms with Crippen molar-refractivity contribution in [2.45, 2.75) is 227 Å². The third-order valence-corrected chi connectivity index (χ3v) is 11.6. The van der Waals surface area contributed by atoms with Crippen LogP contribution < -0.4 is 0 Å². The molecular formula is C39H83NO3S. The van der Waals surface area contributed by atoms with Crippen LogP contribution >= 0.6 is 0 Å². The van der Waals surface area contributed by atoms with Crippen molar-refractivity contribution in [2.24, 2.45) is 0 Å². The van der Waals surface area contributed by atoms with E-state index in [1.807, 2.05) is 0 Å². The first kappa shape index (κ1) is 46.0. The summed E-state index contributed by atoms with van der Waals surface area (Å²) in [7, 11) is -4.14. The summed E-state index contributed by atoms with van der Waals surface area (Å²) < 4.78 is 36.1. The number of unbranched alkanes of at least 4 members (excludes halogenated alkanes) is 24. The largest absolute Gasteiger partial charge is 0.748 e. The van der Waals surface area contributed by atoms with E-state index in [1.165, 1.54) is 172 Å². The van der Waals surface area contributed by atoms with Gasteiger partial charge in [-0.25, -0.2) is 8.42 Å². The van der Waals surface area contributed by atoms with E-state index in [4.69, 9.17) is 0 Å². The lowest BCUT2D eigenvalue weighted by atomic mass is 10.0. The van der Waals surface area contributed by atoms with Crippen LogP contribution in [0.25, 0.3) is 0 Å². The highest BCUT2D eigenvalue weighted by atomic mass is 32.2. The van der Waals surface area contributed by atoms with Gasteiger partial charge in [-0.05, 0) is 40.5 Å². The summed E-state index contributed by atoms with van der Waals surface area (Å²) in [5.74, 6) is 0. The van der Waals surface area contributed by atoms with Gasteiger partial charge < -0.3 is 9.04 Å². The molecule has 0 aromatic carbocycles.